The first-order chi connectivity index (χ1) is 8.36. The third-order valence-corrected chi connectivity index (χ3v) is 3.17. The number of halogens is 1. The molecule has 1 N–H and O–H groups in total. The molecular weight excluding hydrogens is 246 g/mol. The van der Waals surface area contributed by atoms with Crippen LogP contribution in [0.3, 0.4) is 0 Å². The number of carbonyl (C=O) groups is 1. The topological polar surface area (TPSA) is 29.1 Å². The molecule has 0 bridgehead atoms. The molecule has 92 valence electrons. The summed E-state index contributed by atoms with van der Waals surface area (Å²) in [5, 5.41) is 3.29. The zero-order valence-corrected chi connectivity index (χ0v) is 10.6. The van der Waals surface area contributed by atoms with Crippen molar-refractivity contribution in [3.63, 3.8) is 0 Å². The van der Waals surface area contributed by atoms with Crippen LogP contribution < -0.4 is 5.32 Å². The minimum absolute atomic E-state index is 0. The summed E-state index contributed by atoms with van der Waals surface area (Å²) in [5.41, 5.74) is 3.13. The molecule has 3 rings (SSSR count). The summed E-state index contributed by atoms with van der Waals surface area (Å²) >= 11 is 0. The molecule has 1 atom stereocenters. The second kappa shape index (κ2) is 5.34. The Morgan fingerprint density at radius 1 is 0.944 bits per heavy atom. The van der Waals surface area contributed by atoms with E-state index in [1.54, 1.807) is 0 Å². The van der Waals surface area contributed by atoms with Gasteiger partial charge in [-0.15, -0.1) is 12.4 Å². The Morgan fingerprint density at radius 2 is 1.61 bits per heavy atom. The van der Waals surface area contributed by atoms with Gasteiger partial charge in [-0.05, 0) is 11.1 Å². The van der Waals surface area contributed by atoms with Gasteiger partial charge in [-0.25, -0.2) is 0 Å². The van der Waals surface area contributed by atoms with E-state index in [-0.39, 0.29) is 24.2 Å². The maximum Gasteiger partial charge on any atom is 0.176 e. The molecule has 3 heteroatoms. The number of nitrogens with one attached hydrogen (secondary N) is 1. The Morgan fingerprint density at radius 3 is 2.39 bits per heavy atom. The summed E-state index contributed by atoms with van der Waals surface area (Å²) < 4.78 is 0. The van der Waals surface area contributed by atoms with Gasteiger partial charge in [-0.2, -0.15) is 0 Å². The molecule has 2 aromatic carbocycles. The van der Waals surface area contributed by atoms with Gasteiger partial charge in [0, 0.05) is 5.56 Å². The molecule has 2 nitrogen and oxygen atoms in total. The molecular formula is C15H14ClNO. The number of hydrogen-bond acceptors (Lipinski definition) is 2. The summed E-state index contributed by atoms with van der Waals surface area (Å²) in [5.74, 6) is 0.174. The molecule has 0 aliphatic carbocycles. The van der Waals surface area contributed by atoms with E-state index in [0.29, 0.717) is 6.54 Å². The minimum atomic E-state index is 0. The van der Waals surface area contributed by atoms with Crippen LogP contribution in [0.25, 0.3) is 0 Å². The van der Waals surface area contributed by atoms with Gasteiger partial charge in [0.2, 0.25) is 0 Å². The molecule has 1 aliphatic rings. The van der Waals surface area contributed by atoms with E-state index >= 15 is 0 Å². The Labute approximate surface area is 112 Å². The van der Waals surface area contributed by atoms with Crippen LogP contribution in [0, 0.1) is 0 Å². The van der Waals surface area contributed by atoms with Crippen molar-refractivity contribution >= 4 is 18.2 Å². The highest BCUT2D eigenvalue weighted by atomic mass is 35.5. The molecule has 2 aromatic rings. The lowest BCUT2D eigenvalue weighted by Crippen LogP contribution is -2.35. The Balaban J connectivity index is 0.00000120. The number of benzene rings is 2. The van der Waals surface area contributed by atoms with Gasteiger partial charge in [0.25, 0.3) is 0 Å². The average molecular weight is 260 g/mol. The van der Waals surface area contributed by atoms with E-state index in [2.05, 4.69) is 17.4 Å². The van der Waals surface area contributed by atoms with Crippen molar-refractivity contribution in [1.82, 2.24) is 5.32 Å². The van der Waals surface area contributed by atoms with Gasteiger partial charge in [0.05, 0.1) is 12.6 Å². The molecule has 18 heavy (non-hydrogen) atoms. The van der Waals surface area contributed by atoms with Gasteiger partial charge in [0.15, 0.2) is 5.78 Å². The lowest BCUT2D eigenvalue weighted by molar-refractivity contribution is 0.0978. The first kappa shape index (κ1) is 12.8. The quantitative estimate of drug-likeness (QED) is 0.853. The highest BCUT2D eigenvalue weighted by Gasteiger charge is 2.25. The van der Waals surface area contributed by atoms with Gasteiger partial charge in [-0.1, -0.05) is 54.6 Å². The summed E-state index contributed by atoms with van der Waals surface area (Å²) in [6.07, 6.45) is 0. The largest absolute Gasteiger partial charge is 0.299 e. The molecule has 1 unspecified atom stereocenters. The van der Waals surface area contributed by atoms with Crippen LogP contribution in [0.2, 0.25) is 0 Å². The van der Waals surface area contributed by atoms with Crippen molar-refractivity contribution < 1.29 is 4.79 Å². The van der Waals surface area contributed by atoms with Crippen molar-refractivity contribution in [1.29, 1.82) is 0 Å². The SMILES string of the molecule is Cl.O=C1CNC(c2ccccc2)c2ccccc21. The molecule has 0 saturated carbocycles. The fourth-order valence-corrected chi connectivity index (χ4v) is 2.35. The number of fused-ring (bicyclic) bond motifs is 1. The van der Waals surface area contributed by atoms with Crippen molar-refractivity contribution in [3.8, 4) is 0 Å². The van der Waals surface area contributed by atoms with Crippen LogP contribution in [0.15, 0.2) is 54.6 Å². The molecule has 0 amide bonds. The molecule has 0 saturated heterocycles. The summed E-state index contributed by atoms with van der Waals surface area (Å²) in [4.78, 5) is 11.8. The fourth-order valence-electron chi connectivity index (χ4n) is 2.35. The zero-order valence-electron chi connectivity index (χ0n) is 9.80. The van der Waals surface area contributed by atoms with E-state index < -0.39 is 0 Å². The number of carbonyl (C=O) groups excluding carboxylic acids is 1. The maximum atomic E-state index is 11.8. The number of ketones is 1. The van der Waals surface area contributed by atoms with Crippen LogP contribution in [-0.2, 0) is 0 Å². The van der Waals surface area contributed by atoms with E-state index in [4.69, 9.17) is 0 Å². The second-order valence-corrected chi connectivity index (χ2v) is 4.24. The van der Waals surface area contributed by atoms with Crippen molar-refractivity contribution in [3.05, 3.63) is 71.3 Å². The predicted molar refractivity (Wildman–Crippen MR) is 74.3 cm³/mol. The van der Waals surface area contributed by atoms with Crippen molar-refractivity contribution in [2.75, 3.05) is 6.54 Å². The monoisotopic (exact) mass is 259 g/mol. The summed E-state index contributed by atoms with van der Waals surface area (Å²) in [6, 6.07) is 18.2. The molecule has 1 heterocycles. The van der Waals surface area contributed by atoms with E-state index in [9.17, 15) is 4.79 Å². The molecule has 0 spiro atoms. The molecule has 1 aliphatic heterocycles. The lowest BCUT2D eigenvalue weighted by atomic mass is 9.89. The van der Waals surface area contributed by atoms with Gasteiger partial charge >= 0.3 is 0 Å². The number of hydrogen-bond donors (Lipinski definition) is 1. The molecule has 0 fully saturated rings. The predicted octanol–water partition coefficient (Wildman–Crippen LogP) is 2.98. The Hall–Kier alpha value is -1.64. The van der Waals surface area contributed by atoms with Gasteiger partial charge in [0.1, 0.15) is 0 Å². The van der Waals surface area contributed by atoms with Gasteiger partial charge < -0.3 is 0 Å². The third kappa shape index (κ3) is 2.17. The standard InChI is InChI=1S/C15H13NO.ClH/c17-14-10-16-15(11-6-2-1-3-7-11)13-9-5-4-8-12(13)14;/h1-9,15-16H,10H2;1H. The highest BCUT2D eigenvalue weighted by molar-refractivity contribution is 6.00. The molecule has 0 radical (unpaired) electrons. The second-order valence-electron chi connectivity index (χ2n) is 4.24. The third-order valence-electron chi connectivity index (χ3n) is 3.17. The maximum absolute atomic E-state index is 11.8. The van der Waals surface area contributed by atoms with Gasteiger partial charge in [-0.3, -0.25) is 10.1 Å². The van der Waals surface area contributed by atoms with Crippen molar-refractivity contribution in [2.45, 2.75) is 6.04 Å². The highest BCUT2D eigenvalue weighted by Crippen LogP contribution is 2.28. The van der Waals surface area contributed by atoms with Crippen LogP contribution in [0.1, 0.15) is 27.5 Å². The first-order valence-corrected chi connectivity index (χ1v) is 5.77. The smallest absolute Gasteiger partial charge is 0.176 e. The Bertz CT molecular complexity index is 553. The Kier molecular flexibility index (Phi) is 3.80. The first-order valence-electron chi connectivity index (χ1n) is 5.77. The molecule has 0 aromatic heterocycles. The fraction of sp³-hybridized carbons (Fsp3) is 0.133. The normalized spacial score (nSPS) is 17.8. The average Bonchev–Trinajstić information content (AvgIpc) is 2.41. The van der Waals surface area contributed by atoms with E-state index in [1.165, 1.54) is 5.56 Å². The zero-order chi connectivity index (χ0) is 11.7. The van der Waals surface area contributed by atoms with Crippen LogP contribution in [0.4, 0.5) is 0 Å². The van der Waals surface area contributed by atoms with E-state index in [1.807, 2.05) is 42.5 Å². The van der Waals surface area contributed by atoms with E-state index in [0.717, 1.165) is 11.1 Å². The number of Topliss-reactive ketones (excluding diaryl/α,β-unsaturated/α-hetero) is 1. The van der Waals surface area contributed by atoms with Crippen LogP contribution >= 0.6 is 12.4 Å². The van der Waals surface area contributed by atoms with Crippen LogP contribution in [0.5, 0.6) is 0 Å². The summed E-state index contributed by atoms with van der Waals surface area (Å²) in [7, 11) is 0. The van der Waals surface area contributed by atoms with Crippen LogP contribution in [-0.4, -0.2) is 12.3 Å². The summed E-state index contributed by atoms with van der Waals surface area (Å²) in [6.45, 7) is 0.413. The lowest BCUT2D eigenvalue weighted by Gasteiger charge is -2.26. The minimum Gasteiger partial charge on any atom is -0.299 e. The van der Waals surface area contributed by atoms with Crippen molar-refractivity contribution in [2.24, 2.45) is 0 Å². The number of rotatable bonds is 1.